The summed E-state index contributed by atoms with van der Waals surface area (Å²) >= 11 is 0. The Morgan fingerprint density at radius 3 is 1.90 bits per heavy atom. The lowest BCUT2D eigenvalue weighted by atomic mass is 10.1. The summed E-state index contributed by atoms with van der Waals surface area (Å²) in [7, 11) is -0.447. The van der Waals surface area contributed by atoms with E-state index in [1.807, 2.05) is 6.33 Å². The second-order valence-electron chi connectivity index (χ2n) is 7.75. The number of hydrogen-bond donors (Lipinski definition) is 0. The Morgan fingerprint density at radius 2 is 1.26 bits per heavy atom. The first-order chi connectivity index (χ1) is 15.4. The van der Waals surface area contributed by atoms with Crippen molar-refractivity contribution in [2.75, 3.05) is 0 Å². The van der Waals surface area contributed by atoms with Gasteiger partial charge in [-0.05, 0) is 48.2 Å². The smallest absolute Gasteiger partial charge is 0.0958 e. The van der Waals surface area contributed by atoms with Gasteiger partial charge in [-0.2, -0.15) is 0 Å². The van der Waals surface area contributed by atoms with Crippen LogP contribution in [-0.2, 0) is 19.1 Å². The Morgan fingerprint density at radius 1 is 0.645 bits per heavy atom. The first-order valence-electron chi connectivity index (χ1n) is 10.7. The Hall–Kier alpha value is -3.22. The maximum absolute atomic E-state index is 4.71. The third-order valence-corrected chi connectivity index (χ3v) is 8.17. The second-order valence-corrected chi connectivity index (χ2v) is 9.96. The topological polar surface area (TPSA) is 17.8 Å². The van der Waals surface area contributed by atoms with E-state index in [2.05, 4.69) is 114 Å². The minimum Gasteiger partial charge on any atom is -0.330 e. The number of aryl methyl sites for hydroxylation is 2. The fourth-order valence-electron chi connectivity index (χ4n) is 4.01. The van der Waals surface area contributed by atoms with E-state index in [-0.39, 0.29) is 0 Å². The van der Waals surface area contributed by atoms with E-state index in [0.29, 0.717) is 0 Å². The van der Waals surface area contributed by atoms with Crippen molar-refractivity contribution in [2.24, 2.45) is 0 Å². The number of rotatable bonds is 7. The molecule has 1 aromatic heterocycles. The third-order valence-electron chi connectivity index (χ3n) is 5.65. The average molecular weight is 420 g/mol. The summed E-state index contributed by atoms with van der Waals surface area (Å²) in [4.78, 5) is 4.71. The van der Waals surface area contributed by atoms with Crippen LogP contribution in [0.1, 0.15) is 11.1 Å². The first-order valence-corrected chi connectivity index (χ1v) is 12.2. The minimum atomic E-state index is -0.447. The average Bonchev–Trinajstić information content (AvgIpc) is 3.25. The van der Waals surface area contributed by atoms with Crippen LogP contribution in [-0.4, -0.2) is 9.55 Å². The van der Waals surface area contributed by atoms with Crippen LogP contribution in [0.3, 0.4) is 0 Å². The van der Waals surface area contributed by atoms with E-state index in [9.17, 15) is 0 Å². The molecule has 0 atom stereocenters. The van der Waals surface area contributed by atoms with Crippen molar-refractivity contribution < 1.29 is 0 Å². The van der Waals surface area contributed by atoms with Crippen LogP contribution in [0.4, 0.5) is 0 Å². The van der Waals surface area contributed by atoms with Crippen LogP contribution in [0.2, 0.25) is 0 Å². The van der Waals surface area contributed by atoms with E-state index < -0.39 is 7.92 Å². The molecule has 0 unspecified atom stereocenters. The van der Waals surface area contributed by atoms with Crippen LogP contribution < -0.4 is 10.6 Å². The molecule has 4 aromatic carbocycles. The van der Waals surface area contributed by atoms with Crippen LogP contribution in [0.25, 0.3) is 11.0 Å². The zero-order chi connectivity index (χ0) is 20.9. The van der Waals surface area contributed by atoms with Crippen molar-refractivity contribution in [1.29, 1.82) is 0 Å². The van der Waals surface area contributed by atoms with Crippen molar-refractivity contribution in [2.45, 2.75) is 19.1 Å². The summed E-state index contributed by atoms with van der Waals surface area (Å²) in [5.41, 5.74) is 5.00. The number of aromatic nitrogens is 2. The quantitative estimate of drug-likeness (QED) is 0.299. The molecule has 0 bridgehead atoms. The Labute approximate surface area is 185 Å². The van der Waals surface area contributed by atoms with E-state index in [4.69, 9.17) is 4.98 Å². The number of imidazole rings is 1. The molecule has 0 aliphatic heterocycles. The molecule has 3 heteroatoms. The van der Waals surface area contributed by atoms with Gasteiger partial charge in [0.25, 0.3) is 0 Å². The van der Waals surface area contributed by atoms with Gasteiger partial charge in [0.15, 0.2) is 0 Å². The van der Waals surface area contributed by atoms with Crippen molar-refractivity contribution >= 4 is 29.6 Å². The molecule has 5 rings (SSSR count). The highest BCUT2D eigenvalue weighted by Gasteiger charge is 2.15. The van der Waals surface area contributed by atoms with Gasteiger partial charge in [-0.1, -0.05) is 97.1 Å². The van der Waals surface area contributed by atoms with Crippen LogP contribution in [0.5, 0.6) is 0 Å². The molecule has 0 saturated heterocycles. The largest absolute Gasteiger partial charge is 0.330 e. The van der Waals surface area contributed by atoms with E-state index in [0.717, 1.165) is 24.6 Å². The molecule has 152 valence electrons. The van der Waals surface area contributed by atoms with Gasteiger partial charge < -0.3 is 4.57 Å². The number of hydrogen-bond acceptors (Lipinski definition) is 1. The summed E-state index contributed by atoms with van der Waals surface area (Å²) < 4.78 is 2.27. The standard InChI is InChI=1S/C28H25N2P/c1-4-10-23(11-5-1)18-19-30-22-29-27-20-24(16-17-28(27)30)21-31(25-12-6-2-7-13-25)26-14-8-3-9-15-26/h1-17,20,22H,18-19,21H2. The highest BCUT2D eigenvalue weighted by atomic mass is 31.1. The Kier molecular flexibility index (Phi) is 5.91. The molecule has 5 aromatic rings. The molecule has 0 saturated carbocycles. The van der Waals surface area contributed by atoms with Crippen LogP contribution >= 0.6 is 7.92 Å². The molecule has 0 aliphatic rings. The lowest BCUT2D eigenvalue weighted by Crippen LogP contribution is -2.12. The third kappa shape index (κ3) is 4.60. The van der Waals surface area contributed by atoms with E-state index in [1.54, 1.807) is 0 Å². The molecule has 0 fully saturated rings. The summed E-state index contributed by atoms with van der Waals surface area (Å²) in [6.45, 7) is 0.945. The highest BCUT2D eigenvalue weighted by Crippen LogP contribution is 2.38. The second kappa shape index (κ2) is 9.29. The maximum atomic E-state index is 4.71. The fourth-order valence-corrected chi connectivity index (χ4v) is 6.30. The predicted octanol–water partition coefficient (Wildman–Crippen LogP) is 5.91. The molecule has 0 radical (unpaired) electrons. The van der Waals surface area contributed by atoms with E-state index >= 15 is 0 Å². The minimum absolute atomic E-state index is 0.447. The summed E-state index contributed by atoms with van der Waals surface area (Å²) in [5.74, 6) is 0. The molecule has 0 spiro atoms. The molecular formula is C28H25N2P. The van der Waals surface area contributed by atoms with Gasteiger partial charge in [0.1, 0.15) is 0 Å². The van der Waals surface area contributed by atoms with Crippen LogP contribution in [0.15, 0.2) is 116 Å². The summed E-state index contributed by atoms with van der Waals surface area (Å²) in [5, 5.41) is 2.83. The van der Waals surface area contributed by atoms with Gasteiger partial charge in [-0.25, -0.2) is 4.98 Å². The van der Waals surface area contributed by atoms with Gasteiger partial charge in [0, 0.05) is 12.7 Å². The van der Waals surface area contributed by atoms with Gasteiger partial charge in [0.05, 0.1) is 17.4 Å². The Balaban J connectivity index is 1.39. The van der Waals surface area contributed by atoms with Gasteiger partial charge >= 0.3 is 0 Å². The van der Waals surface area contributed by atoms with Crippen LogP contribution in [0, 0.1) is 0 Å². The van der Waals surface area contributed by atoms with Crippen molar-refractivity contribution in [3.05, 3.63) is 127 Å². The van der Waals surface area contributed by atoms with Crippen molar-refractivity contribution in [1.82, 2.24) is 9.55 Å². The lowest BCUT2D eigenvalue weighted by molar-refractivity contribution is 0.716. The normalized spacial score (nSPS) is 11.3. The van der Waals surface area contributed by atoms with E-state index in [1.165, 1.54) is 27.3 Å². The molecule has 0 N–H and O–H groups in total. The SMILES string of the molecule is c1ccc(CCn2cnc3cc(CP(c4ccccc4)c4ccccc4)ccc32)cc1. The molecule has 0 amide bonds. The lowest BCUT2D eigenvalue weighted by Gasteiger charge is -2.19. The molecule has 1 heterocycles. The van der Waals surface area contributed by atoms with Gasteiger partial charge in [-0.3, -0.25) is 0 Å². The zero-order valence-electron chi connectivity index (χ0n) is 17.4. The predicted molar refractivity (Wildman–Crippen MR) is 133 cm³/mol. The molecular weight excluding hydrogens is 395 g/mol. The molecule has 31 heavy (non-hydrogen) atoms. The van der Waals surface area contributed by atoms with Gasteiger partial charge in [-0.15, -0.1) is 0 Å². The monoisotopic (exact) mass is 420 g/mol. The highest BCUT2D eigenvalue weighted by molar-refractivity contribution is 7.72. The maximum Gasteiger partial charge on any atom is 0.0958 e. The number of benzene rings is 4. The zero-order valence-corrected chi connectivity index (χ0v) is 18.3. The Bertz CT molecular complexity index is 1210. The molecule has 2 nitrogen and oxygen atoms in total. The van der Waals surface area contributed by atoms with Gasteiger partial charge in [0.2, 0.25) is 0 Å². The fraction of sp³-hybridized carbons (Fsp3) is 0.107. The summed E-state index contributed by atoms with van der Waals surface area (Å²) in [6, 6.07) is 39.2. The van der Waals surface area contributed by atoms with Crippen molar-refractivity contribution in [3.8, 4) is 0 Å². The number of fused-ring (bicyclic) bond motifs is 1. The summed E-state index contributed by atoms with van der Waals surface area (Å²) in [6.07, 6.45) is 4.02. The first kappa shape index (κ1) is 19.7. The number of nitrogens with zero attached hydrogens (tertiary/aromatic N) is 2. The van der Waals surface area contributed by atoms with Crippen molar-refractivity contribution in [3.63, 3.8) is 0 Å². The molecule has 0 aliphatic carbocycles.